The topological polar surface area (TPSA) is 41.3 Å². The van der Waals surface area contributed by atoms with E-state index in [0.717, 1.165) is 12.8 Å². The maximum atomic E-state index is 5.85. The predicted molar refractivity (Wildman–Crippen MR) is 78.2 cm³/mol. The summed E-state index contributed by atoms with van der Waals surface area (Å²) in [5, 5.41) is 0. The smallest absolute Gasteiger partial charge is 0.0643 e. The van der Waals surface area contributed by atoms with E-state index in [1.807, 2.05) is 0 Å². The normalized spacial score (nSPS) is 13.9. The van der Waals surface area contributed by atoms with E-state index in [-0.39, 0.29) is 11.6 Å². The Labute approximate surface area is 111 Å². The highest BCUT2D eigenvalue weighted by Crippen LogP contribution is 2.35. The molecule has 3 nitrogen and oxygen atoms in total. The van der Waals surface area contributed by atoms with Crippen molar-refractivity contribution in [3.05, 3.63) is 35.4 Å². The Balaban J connectivity index is 3.22. The lowest BCUT2D eigenvalue weighted by molar-refractivity contribution is 0.0882. The molecule has 18 heavy (non-hydrogen) atoms. The quantitative estimate of drug-likeness (QED) is 0.601. The lowest BCUT2D eigenvalue weighted by atomic mass is 9.79. The van der Waals surface area contributed by atoms with Gasteiger partial charge in [0, 0.05) is 5.54 Å². The Morgan fingerprint density at radius 3 is 2.28 bits per heavy atom. The van der Waals surface area contributed by atoms with Crippen LogP contribution in [0.25, 0.3) is 0 Å². The van der Waals surface area contributed by atoms with Crippen LogP contribution in [0, 0.1) is 6.92 Å². The van der Waals surface area contributed by atoms with Crippen LogP contribution >= 0.6 is 0 Å². The summed E-state index contributed by atoms with van der Waals surface area (Å²) in [5.41, 5.74) is 5.60. The van der Waals surface area contributed by atoms with Crippen LogP contribution in [-0.2, 0) is 0 Å². The average Bonchev–Trinajstić information content (AvgIpc) is 2.35. The number of hydrazine groups is 1. The number of nitrogens with two attached hydrogens (primary N) is 1. The third kappa shape index (κ3) is 2.74. The molecule has 0 spiro atoms. The highest BCUT2D eigenvalue weighted by molar-refractivity contribution is 5.28. The molecule has 1 aromatic rings. The summed E-state index contributed by atoms with van der Waals surface area (Å²) in [4.78, 5) is 2.29. The van der Waals surface area contributed by atoms with Gasteiger partial charge in [0.2, 0.25) is 0 Å². The Kier molecular flexibility index (Phi) is 5.32. The first-order valence-electron chi connectivity index (χ1n) is 6.72. The van der Waals surface area contributed by atoms with Gasteiger partial charge < -0.3 is 4.90 Å². The second-order valence-corrected chi connectivity index (χ2v) is 5.22. The number of nitrogens with zero attached hydrogens (tertiary/aromatic N) is 1. The minimum Gasteiger partial charge on any atom is -0.302 e. The van der Waals surface area contributed by atoms with Gasteiger partial charge >= 0.3 is 0 Å². The van der Waals surface area contributed by atoms with Crippen LogP contribution in [-0.4, -0.2) is 24.5 Å². The number of rotatable bonds is 6. The van der Waals surface area contributed by atoms with Gasteiger partial charge in [-0.25, -0.2) is 0 Å². The maximum Gasteiger partial charge on any atom is 0.0643 e. The van der Waals surface area contributed by atoms with Crippen LogP contribution in [0.15, 0.2) is 24.3 Å². The third-order valence-electron chi connectivity index (χ3n) is 4.19. The van der Waals surface area contributed by atoms with Gasteiger partial charge in [-0.05, 0) is 39.4 Å². The van der Waals surface area contributed by atoms with Crippen molar-refractivity contribution in [2.45, 2.75) is 45.2 Å². The molecule has 1 unspecified atom stereocenters. The van der Waals surface area contributed by atoms with Gasteiger partial charge in [-0.1, -0.05) is 43.7 Å². The molecule has 0 saturated carbocycles. The molecule has 0 bridgehead atoms. The zero-order chi connectivity index (χ0) is 13.8. The number of likely N-dealkylation sites (N-methyl/N-ethyl adjacent to an activating group) is 1. The molecule has 3 N–H and O–H groups in total. The first-order chi connectivity index (χ1) is 8.51. The van der Waals surface area contributed by atoms with Crippen LogP contribution in [0.3, 0.4) is 0 Å². The van der Waals surface area contributed by atoms with Crippen molar-refractivity contribution in [1.82, 2.24) is 10.3 Å². The van der Waals surface area contributed by atoms with E-state index in [1.54, 1.807) is 0 Å². The van der Waals surface area contributed by atoms with E-state index in [0.29, 0.717) is 0 Å². The second kappa shape index (κ2) is 6.32. The van der Waals surface area contributed by atoms with Crippen molar-refractivity contribution in [3.8, 4) is 0 Å². The largest absolute Gasteiger partial charge is 0.302 e. The van der Waals surface area contributed by atoms with Gasteiger partial charge in [-0.3, -0.25) is 11.3 Å². The van der Waals surface area contributed by atoms with E-state index >= 15 is 0 Å². The third-order valence-corrected chi connectivity index (χ3v) is 4.19. The summed E-state index contributed by atoms with van der Waals surface area (Å²) in [6.45, 7) is 6.57. The lowest BCUT2D eigenvalue weighted by Gasteiger charge is -2.45. The van der Waals surface area contributed by atoms with E-state index in [2.05, 4.69) is 69.5 Å². The second-order valence-electron chi connectivity index (χ2n) is 5.22. The fourth-order valence-corrected chi connectivity index (χ4v) is 2.96. The molecule has 0 aliphatic heterocycles. The first kappa shape index (κ1) is 15.2. The fraction of sp³-hybridized carbons (Fsp3) is 0.600. The Hall–Kier alpha value is -0.900. The summed E-state index contributed by atoms with van der Waals surface area (Å²) >= 11 is 0. The number of hydrogen-bond acceptors (Lipinski definition) is 3. The Morgan fingerprint density at radius 1 is 1.28 bits per heavy atom. The molecule has 0 aliphatic carbocycles. The van der Waals surface area contributed by atoms with Crippen molar-refractivity contribution >= 4 is 0 Å². The molecule has 0 aliphatic rings. The molecule has 0 aromatic heterocycles. The number of benzene rings is 1. The van der Waals surface area contributed by atoms with Gasteiger partial charge in [0.25, 0.3) is 0 Å². The molecule has 1 rings (SSSR count). The van der Waals surface area contributed by atoms with Gasteiger partial charge in [-0.15, -0.1) is 0 Å². The zero-order valence-electron chi connectivity index (χ0n) is 12.3. The van der Waals surface area contributed by atoms with E-state index < -0.39 is 0 Å². The highest BCUT2D eigenvalue weighted by atomic mass is 15.3. The van der Waals surface area contributed by atoms with Crippen LogP contribution in [0.1, 0.15) is 43.9 Å². The number of hydrogen-bond donors (Lipinski definition) is 2. The Bertz CT molecular complexity index is 370. The Morgan fingerprint density at radius 2 is 1.89 bits per heavy atom. The number of nitrogens with one attached hydrogen (secondary N) is 1. The lowest BCUT2D eigenvalue weighted by Crippen LogP contribution is -2.54. The van der Waals surface area contributed by atoms with Crippen LogP contribution in [0.4, 0.5) is 0 Å². The zero-order valence-corrected chi connectivity index (χ0v) is 12.3. The summed E-state index contributed by atoms with van der Waals surface area (Å²) in [7, 11) is 4.26. The molecule has 0 amide bonds. The molecule has 1 aromatic carbocycles. The highest BCUT2D eigenvalue weighted by Gasteiger charge is 2.38. The SMILES string of the molecule is CCC(CC)(C(NN)c1cccc(C)c1)N(C)C. The molecular formula is C15H27N3. The van der Waals surface area contributed by atoms with E-state index in [4.69, 9.17) is 5.84 Å². The maximum absolute atomic E-state index is 5.85. The molecule has 0 heterocycles. The van der Waals surface area contributed by atoms with Crippen LogP contribution in [0.5, 0.6) is 0 Å². The van der Waals surface area contributed by atoms with Gasteiger partial charge in [-0.2, -0.15) is 0 Å². The number of aryl methyl sites for hydroxylation is 1. The van der Waals surface area contributed by atoms with Gasteiger partial charge in [0.1, 0.15) is 0 Å². The van der Waals surface area contributed by atoms with Gasteiger partial charge in [0.05, 0.1) is 6.04 Å². The predicted octanol–water partition coefficient (Wildman–Crippen LogP) is 2.62. The van der Waals surface area contributed by atoms with Gasteiger partial charge in [0.15, 0.2) is 0 Å². The molecule has 3 heteroatoms. The van der Waals surface area contributed by atoms with E-state index in [1.165, 1.54) is 11.1 Å². The minimum absolute atomic E-state index is 0.0442. The fourth-order valence-electron chi connectivity index (χ4n) is 2.96. The monoisotopic (exact) mass is 249 g/mol. The molecular weight excluding hydrogens is 222 g/mol. The molecule has 0 saturated heterocycles. The molecule has 0 fully saturated rings. The summed E-state index contributed by atoms with van der Waals surface area (Å²) < 4.78 is 0. The summed E-state index contributed by atoms with van der Waals surface area (Å²) in [6, 6.07) is 8.73. The molecule has 102 valence electrons. The van der Waals surface area contributed by atoms with Crippen LogP contribution < -0.4 is 11.3 Å². The van der Waals surface area contributed by atoms with Crippen LogP contribution in [0.2, 0.25) is 0 Å². The standard InChI is InChI=1S/C15H27N3/c1-6-15(7-2,18(4)5)14(17-16)13-10-8-9-12(3)11-13/h8-11,14,17H,6-7,16H2,1-5H3. The van der Waals surface area contributed by atoms with Crippen molar-refractivity contribution in [2.24, 2.45) is 5.84 Å². The van der Waals surface area contributed by atoms with Crippen molar-refractivity contribution in [1.29, 1.82) is 0 Å². The van der Waals surface area contributed by atoms with Crippen molar-refractivity contribution in [3.63, 3.8) is 0 Å². The summed E-state index contributed by atoms with van der Waals surface area (Å²) in [5.74, 6) is 5.85. The average molecular weight is 249 g/mol. The first-order valence-corrected chi connectivity index (χ1v) is 6.72. The molecule has 1 atom stereocenters. The van der Waals surface area contributed by atoms with Crippen molar-refractivity contribution in [2.75, 3.05) is 14.1 Å². The van der Waals surface area contributed by atoms with E-state index in [9.17, 15) is 0 Å². The van der Waals surface area contributed by atoms with Crippen molar-refractivity contribution < 1.29 is 0 Å². The minimum atomic E-state index is 0.0442. The summed E-state index contributed by atoms with van der Waals surface area (Å²) in [6.07, 6.45) is 2.11. The molecule has 0 radical (unpaired) electrons.